The maximum Gasteiger partial charge on any atom is 0.315 e. The highest BCUT2D eigenvalue weighted by atomic mass is 32.2. The lowest BCUT2D eigenvalue weighted by molar-refractivity contribution is -0.140. The second-order valence-corrected chi connectivity index (χ2v) is 7.29. The summed E-state index contributed by atoms with van der Waals surface area (Å²) in [4.78, 5) is 33.2. The van der Waals surface area contributed by atoms with Crippen molar-refractivity contribution in [2.24, 2.45) is 0 Å². The quantitative estimate of drug-likeness (QED) is 0.493. The molecule has 5 nitrogen and oxygen atoms in total. The number of aromatic amines is 1. The van der Waals surface area contributed by atoms with Gasteiger partial charge >= 0.3 is 5.97 Å². The van der Waals surface area contributed by atoms with Crippen LogP contribution in [0.5, 0.6) is 0 Å². The number of fused-ring (bicyclic) bond motifs is 3. The first kappa shape index (κ1) is 16.1. The SMILES string of the molecule is C#CCCOC(=O)CSCc1nc2sc3c(c2c(=O)[nH]1)CCC3. The Bertz CT molecular complexity index is 832. The van der Waals surface area contributed by atoms with Crippen molar-refractivity contribution in [3.05, 3.63) is 26.6 Å². The molecule has 120 valence electrons. The Morgan fingerprint density at radius 2 is 2.35 bits per heavy atom. The van der Waals surface area contributed by atoms with E-state index in [-0.39, 0.29) is 23.9 Å². The molecule has 0 radical (unpaired) electrons. The van der Waals surface area contributed by atoms with Crippen LogP contribution in [0.4, 0.5) is 0 Å². The van der Waals surface area contributed by atoms with E-state index in [0.29, 0.717) is 18.0 Å². The number of thiophene rings is 1. The maximum absolute atomic E-state index is 12.3. The number of H-pyrrole nitrogens is 1. The summed E-state index contributed by atoms with van der Waals surface area (Å²) in [5.41, 5.74) is 1.11. The van der Waals surface area contributed by atoms with E-state index in [1.807, 2.05) is 0 Å². The molecule has 0 aromatic carbocycles. The number of aromatic nitrogens is 2. The topological polar surface area (TPSA) is 72.0 Å². The molecule has 2 aromatic rings. The van der Waals surface area contributed by atoms with E-state index in [9.17, 15) is 9.59 Å². The minimum atomic E-state index is -0.302. The van der Waals surface area contributed by atoms with Gasteiger partial charge < -0.3 is 9.72 Å². The molecule has 0 atom stereocenters. The van der Waals surface area contributed by atoms with Crippen molar-refractivity contribution in [2.45, 2.75) is 31.4 Å². The molecule has 1 N–H and O–H groups in total. The second-order valence-electron chi connectivity index (χ2n) is 5.22. The van der Waals surface area contributed by atoms with Crippen molar-refractivity contribution in [2.75, 3.05) is 12.4 Å². The fraction of sp³-hybridized carbons (Fsp3) is 0.438. The average molecular weight is 348 g/mol. The molecule has 0 fully saturated rings. The first-order valence-electron chi connectivity index (χ1n) is 7.39. The van der Waals surface area contributed by atoms with E-state index in [0.717, 1.165) is 29.5 Å². The van der Waals surface area contributed by atoms with Crippen LogP contribution in [-0.4, -0.2) is 28.3 Å². The highest BCUT2D eigenvalue weighted by Crippen LogP contribution is 2.34. The molecule has 2 aromatic heterocycles. The lowest BCUT2D eigenvalue weighted by Gasteiger charge is -2.03. The summed E-state index contributed by atoms with van der Waals surface area (Å²) in [5.74, 6) is 3.40. The number of ether oxygens (including phenoxy) is 1. The number of nitrogens with one attached hydrogen (secondary N) is 1. The van der Waals surface area contributed by atoms with Gasteiger partial charge in [0.15, 0.2) is 0 Å². The van der Waals surface area contributed by atoms with E-state index in [1.54, 1.807) is 11.3 Å². The largest absolute Gasteiger partial charge is 0.464 e. The van der Waals surface area contributed by atoms with E-state index >= 15 is 0 Å². The minimum absolute atomic E-state index is 0.0680. The predicted molar refractivity (Wildman–Crippen MR) is 92.8 cm³/mol. The van der Waals surface area contributed by atoms with Crippen molar-refractivity contribution in [1.29, 1.82) is 0 Å². The van der Waals surface area contributed by atoms with Gasteiger partial charge in [0.05, 0.1) is 16.9 Å². The lowest BCUT2D eigenvalue weighted by atomic mass is 10.2. The number of aryl methyl sites for hydroxylation is 2. The van der Waals surface area contributed by atoms with Crippen LogP contribution in [-0.2, 0) is 28.1 Å². The molecule has 7 heteroatoms. The van der Waals surface area contributed by atoms with Gasteiger partial charge in [-0.2, -0.15) is 0 Å². The number of thioether (sulfide) groups is 1. The third-order valence-electron chi connectivity index (χ3n) is 3.59. The molecular formula is C16H16N2O3S2. The smallest absolute Gasteiger partial charge is 0.315 e. The fourth-order valence-electron chi connectivity index (χ4n) is 2.61. The monoisotopic (exact) mass is 348 g/mol. The summed E-state index contributed by atoms with van der Waals surface area (Å²) in [6.45, 7) is 0.248. The molecule has 23 heavy (non-hydrogen) atoms. The number of carbonyl (C=O) groups excluding carboxylic acids is 1. The van der Waals surface area contributed by atoms with Crippen LogP contribution < -0.4 is 5.56 Å². The van der Waals surface area contributed by atoms with Crippen LogP contribution in [0, 0.1) is 12.3 Å². The number of nitrogens with zero attached hydrogens (tertiary/aromatic N) is 1. The van der Waals surface area contributed by atoms with Gasteiger partial charge in [0, 0.05) is 11.3 Å². The molecule has 2 heterocycles. The number of terminal acetylenes is 1. The average Bonchev–Trinajstić information content (AvgIpc) is 3.07. The second kappa shape index (κ2) is 7.20. The highest BCUT2D eigenvalue weighted by Gasteiger charge is 2.21. The Labute approximate surface area is 141 Å². The molecule has 0 saturated carbocycles. The molecule has 0 saturated heterocycles. The van der Waals surface area contributed by atoms with Gasteiger partial charge in [0.25, 0.3) is 5.56 Å². The van der Waals surface area contributed by atoms with Gasteiger partial charge in [-0.05, 0) is 24.8 Å². The molecule has 1 aliphatic carbocycles. The van der Waals surface area contributed by atoms with Crippen LogP contribution in [0.15, 0.2) is 4.79 Å². The fourth-order valence-corrected chi connectivity index (χ4v) is 4.57. The number of rotatable bonds is 6. The van der Waals surface area contributed by atoms with Crippen molar-refractivity contribution in [3.8, 4) is 12.3 Å². The van der Waals surface area contributed by atoms with Crippen LogP contribution in [0.2, 0.25) is 0 Å². The number of hydrogen-bond acceptors (Lipinski definition) is 6. The Balaban J connectivity index is 1.62. The van der Waals surface area contributed by atoms with Crippen LogP contribution in [0.25, 0.3) is 10.2 Å². The van der Waals surface area contributed by atoms with Gasteiger partial charge in [-0.25, -0.2) is 4.98 Å². The first-order valence-corrected chi connectivity index (χ1v) is 9.36. The Kier molecular flexibility index (Phi) is 5.03. The van der Waals surface area contributed by atoms with Gasteiger partial charge in [0.1, 0.15) is 17.3 Å². The van der Waals surface area contributed by atoms with Crippen molar-refractivity contribution >= 4 is 39.3 Å². The molecular weight excluding hydrogens is 332 g/mol. The van der Waals surface area contributed by atoms with Crippen LogP contribution >= 0.6 is 23.1 Å². The maximum atomic E-state index is 12.3. The molecule has 0 amide bonds. The normalized spacial score (nSPS) is 13.0. The summed E-state index contributed by atoms with van der Waals surface area (Å²) < 4.78 is 4.96. The summed E-state index contributed by atoms with van der Waals surface area (Å²) >= 11 is 2.98. The number of carbonyl (C=O) groups is 1. The van der Waals surface area contributed by atoms with Gasteiger partial charge in [-0.15, -0.1) is 35.4 Å². The Hall–Kier alpha value is -1.78. The van der Waals surface area contributed by atoms with Gasteiger partial charge in [-0.3, -0.25) is 9.59 Å². The number of hydrogen-bond donors (Lipinski definition) is 1. The molecule has 1 aliphatic rings. The zero-order valence-electron chi connectivity index (χ0n) is 12.5. The summed E-state index contributed by atoms with van der Waals surface area (Å²) in [6.07, 6.45) is 8.65. The minimum Gasteiger partial charge on any atom is -0.464 e. The van der Waals surface area contributed by atoms with Crippen LogP contribution in [0.1, 0.15) is 29.1 Å². The summed E-state index contributed by atoms with van der Waals surface area (Å²) in [7, 11) is 0. The first-order chi connectivity index (χ1) is 11.2. The zero-order chi connectivity index (χ0) is 16.2. The van der Waals surface area contributed by atoms with E-state index in [4.69, 9.17) is 11.2 Å². The molecule has 3 rings (SSSR count). The Morgan fingerprint density at radius 1 is 1.48 bits per heavy atom. The summed E-state index contributed by atoms with van der Waals surface area (Å²) in [6, 6.07) is 0. The molecule has 0 unspecified atom stereocenters. The van der Waals surface area contributed by atoms with Crippen LogP contribution in [0.3, 0.4) is 0 Å². The molecule has 0 aliphatic heterocycles. The highest BCUT2D eigenvalue weighted by molar-refractivity contribution is 7.99. The number of esters is 1. The van der Waals surface area contributed by atoms with E-state index in [1.165, 1.54) is 22.2 Å². The standard InChI is InChI=1S/C16H16N2O3S2/c1-2-3-7-21-13(19)9-22-8-12-17-15(20)14-10-5-4-6-11(10)23-16(14)18-12/h1H,3-9H2,(H,17,18,20). The van der Waals surface area contributed by atoms with Crippen molar-refractivity contribution in [1.82, 2.24) is 9.97 Å². The van der Waals surface area contributed by atoms with Crippen molar-refractivity contribution < 1.29 is 9.53 Å². The third kappa shape index (κ3) is 3.59. The summed E-state index contributed by atoms with van der Waals surface area (Å²) in [5, 5.41) is 0.755. The van der Waals surface area contributed by atoms with E-state index < -0.39 is 0 Å². The third-order valence-corrected chi connectivity index (χ3v) is 5.70. The predicted octanol–water partition coefficient (Wildman–Crippen LogP) is 2.27. The Morgan fingerprint density at radius 3 is 3.17 bits per heavy atom. The zero-order valence-corrected chi connectivity index (χ0v) is 14.1. The van der Waals surface area contributed by atoms with Gasteiger partial charge in [0.2, 0.25) is 0 Å². The van der Waals surface area contributed by atoms with Gasteiger partial charge in [-0.1, -0.05) is 0 Å². The van der Waals surface area contributed by atoms with E-state index in [2.05, 4.69) is 15.9 Å². The molecule has 0 spiro atoms. The molecule has 0 bridgehead atoms. The lowest BCUT2D eigenvalue weighted by Crippen LogP contribution is -2.12. The van der Waals surface area contributed by atoms with Crippen molar-refractivity contribution in [3.63, 3.8) is 0 Å².